The maximum absolute atomic E-state index is 5.67. The minimum Gasteiger partial charge on any atom is -0.156 e. The molecule has 1 nitrogen and oxygen atoms in total. The highest BCUT2D eigenvalue weighted by Gasteiger charge is 2.37. The van der Waals surface area contributed by atoms with Crippen molar-refractivity contribution in [2.75, 3.05) is 0 Å². The predicted molar refractivity (Wildman–Crippen MR) is 136 cm³/mol. The first-order valence-corrected chi connectivity index (χ1v) is 11.6. The standard InChI is InChI=1S/C28H23NS2/c30-28(31)24-18-10-17-23-25(20-11-4-1-5-12-20)19-26(21-13-6-2-7-14-21)29(27(23)24)22-15-8-3-9-16-22/h1-9,11-16,19,24H,10,17-18H2/p+1. The van der Waals surface area contributed by atoms with Gasteiger partial charge in [0.25, 0.3) is 0 Å². The fourth-order valence-electron chi connectivity index (χ4n) is 4.73. The van der Waals surface area contributed by atoms with Gasteiger partial charge in [-0.1, -0.05) is 78.9 Å². The van der Waals surface area contributed by atoms with Crippen molar-refractivity contribution < 1.29 is 4.57 Å². The van der Waals surface area contributed by atoms with Crippen LogP contribution in [0.3, 0.4) is 0 Å². The smallest absolute Gasteiger partial charge is 0.156 e. The number of aromatic nitrogens is 1. The van der Waals surface area contributed by atoms with E-state index in [0.29, 0.717) is 0 Å². The van der Waals surface area contributed by atoms with Gasteiger partial charge in [0, 0.05) is 29.3 Å². The second-order valence-corrected chi connectivity index (χ2v) is 9.22. The van der Waals surface area contributed by atoms with E-state index in [1.54, 1.807) is 0 Å². The van der Waals surface area contributed by atoms with Crippen LogP contribution in [0, 0.1) is 0 Å². The monoisotopic (exact) mass is 438 g/mol. The number of hydrogen-bond donors (Lipinski definition) is 1. The van der Waals surface area contributed by atoms with Crippen LogP contribution in [-0.4, -0.2) is 4.20 Å². The van der Waals surface area contributed by atoms with Crippen LogP contribution in [0.4, 0.5) is 0 Å². The molecule has 4 aromatic rings. The van der Waals surface area contributed by atoms with Crippen LogP contribution in [0.2, 0.25) is 0 Å². The molecule has 3 heteroatoms. The Kier molecular flexibility index (Phi) is 5.71. The first-order valence-electron chi connectivity index (χ1n) is 10.7. The van der Waals surface area contributed by atoms with Gasteiger partial charge in [0.15, 0.2) is 0 Å². The molecule has 5 rings (SSSR count). The molecule has 31 heavy (non-hydrogen) atoms. The third-order valence-corrected chi connectivity index (χ3v) is 6.71. The third kappa shape index (κ3) is 3.84. The van der Waals surface area contributed by atoms with E-state index < -0.39 is 0 Å². The molecule has 0 N–H and O–H groups in total. The van der Waals surface area contributed by atoms with Crippen molar-refractivity contribution in [1.82, 2.24) is 0 Å². The van der Waals surface area contributed by atoms with Gasteiger partial charge in [-0.2, -0.15) is 4.57 Å². The Balaban J connectivity index is 1.92. The lowest BCUT2D eigenvalue weighted by Crippen LogP contribution is -2.43. The molecule has 152 valence electrons. The van der Waals surface area contributed by atoms with E-state index in [1.165, 1.54) is 33.6 Å². The van der Waals surface area contributed by atoms with Gasteiger partial charge in [-0.15, -0.1) is 12.6 Å². The lowest BCUT2D eigenvalue weighted by molar-refractivity contribution is -0.594. The minimum absolute atomic E-state index is 0.147. The number of thiol groups is 1. The average Bonchev–Trinajstić information content (AvgIpc) is 2.84. The number of fused-ring (bicyclic) bond motifs is 1. The van der Waals surface area contributed by atoms with Gasteiger partial charge in [0.1, 0.15) is 0 Å². The topological polar surface area (TPSA) is 3.88 Å². The van der Waals surface area contributed by atoms with E-state index in [0.717, 1.165) is 29.1 Å². The number of hydrogen-bond acceptors (Lipinski definition) is 1. The van der Waals surface area contributed by atoms with Gasteiger partial charge in [-0.05, 0) is 42.5 Å². The summed E-state index contributed by atoms with van der Waals surface area (Å²) < 4.78 is 3.19. The summed E-state index contributed by atoms with van der Waals surface area (Å²) in [6, 6.07) is 34.4. The Labute approximate surface area is 194 Å². The van der Waals surface area contributed by atoms with E-state index in [2.05, 4.69) is 114 Å². The highest BCUT2D eigenvalue weighted by Crippen LogP contribution is 2.39. The van der Waals surface area contributed by atoms with Gasteiger partial charge in [0.05, 0.1) is 10.1 Å². The fraction of sp³-hybridized carbons (Fsp3) is 0.143. The second-order valence-electron chi connectivity index (χ2n) is 7.99. The van der Waals surface area contributed by atoms with Crippen molar-refractivity contribution in [3.63, 3.8) is 0 Å². The lowest BCUT2D eigenvalue weighted by Gasteiger charge is -2.26. The van der Waals surface area contributed by atoms with Gasteiger partial charge in [0.2, 0.25) is 17.1 Å². The molecule has 1 aliphatic carbocycles. The molecule has 1 atom stereocenters. The Hall–Kier alpha value is -2.75. The van der Waals surface area contributed by atoms with Crippen LogP contribution in [0.1, 0.15) is 30.0 Å². The largest absolute Gasteiger partial charge is 0.219 e. The van der Waals surface area contributed by atoms with Crippen LogP contribution in [0.5, 0.6) is 0 Å². The highest BCUT2D eigenvalue weighted by molar-refractivity contribution is 8.11. The van der Waals surface area contributed by atoms with Crippen molar-refractivity contribution in [2.45, 2.75) is 25.2 Å². The number of rotatable bonds is 4. The molecule has 3 aromatic carbocycles. The van der Waals surface area contributed by atoms with Crippen molar-refractivity contribution in [1.29, 1.82) is 0 Å². The molecular weight excluding hydrogens is 414 g/mol. The molecule has 0 radical (unpaired) electrons. The first kappa shape index (κ1) is 20.2. The Morgan fingerprint density at radius 1 is 0.806 bits per heavy atom. The minimum atomic E-state index is 0.147. The fourth-order valence-corrected chi connectivity index (χ4v) is 5.21. The molecule has 1 aliphatic rings. The van der Waals surface area contributed by atoms with E-state index in [1.807, 2.05) is 0 Å². The van der Waals surface area contributed by atoms with Crippen LogP contribution in [0.25, 0.3) is 28.1 Å². The third-order valence-electron chi connectivity index (χ3n) is 6.11. The molecule has 0 spiro atoms. The van der Waals surface area contributed by atoms with Gasteiger partial charge in [-0.25, -0.2) is 0 Å². The highest BCUT2D eigenvalue weighted by atomic mass is 32.1. The van der Waals surface area contributed by atoms with Crippen molar-refractivity contribution >= 4 is 29.0 Å². The van der Waals surface area contributed by atoms with Gasteiger partial charge < -0.3 is 0 Å². The quantitative estimate of drug-likeness (QED) is 0.205. The normalized spacial score (nSPS) is 15.3. The summed E-state index contributed by atoms with van der Waals surface area (Å²) in [5.74, 6) is 0.147. The van der Waals surface area contributed by atoms with Crippen molar-refractivity contribution in [2.24, 2.45) is 0 Å². The maximum Gasteiger partial charge on any atom is 0.219 e. The van der Waals surface area contributed by atoms with E-state index in [-0.39, 0.29) is 5.92 Å². The van der Waals surface area contributed by atoms with Crippen LogP contribution >= 0.6 is 24.8 Å². The summed E-state index contributed by atoms with van der Waals surface area (Å²) in [4.78, 5) is 0. The van der Waals surface area contributed by atoms with E-state index in [4.69, 9.17) is 12.2 Å². The number of benzene rings is 3. The summed E-state index contributed by atoms with van der Waals surface area (Å²) >= 11 is 10.4. The Morgan fingerprint density at radius 3 is 2.00 bits per heavy atom. The summed E-state index contributed by atoms with van der Waals surface area (Å²) in [5.41, 5.74) is 8.77. The maximum atomic E-state index is 5.67. The predicted octanol–water partition coefficient (Wildman–Crippen LogP) is 6.97. The van der Waals surface area contributed by atoms with Gasteiger partial charge >= 0.3 is 0 Å². The molecule has 0 bridgehead atoms. The van der Waals surface area contributed by atoms with Crippen LogP contribution in [-0.2, 0) is 6.42 Å². The molecule has 0 saturated carbocycles. The molecular formula is C28H24NS2+. The zero-order valence-electron chi connectivity index (χ0n) is 17.2. The zero-order chi connectivity index (χ0) is 21.2. The number of thiocarbonyl (C=S) groups is 1. The zero-order valence-corrected chi connectivity index (χ0v) is 18.9. The molecule has 0 fully saturated rings. The van der Waals surface area contributed by atoms with E-state index >= 15 is 0 Å². The molecule has 0 amide bonds. The summed E-state index contributed by atoms with van der Waals surface area (Å²) in [6.07, 6.45) is 3.21. The van der Waals surface area contributed by atoms with Crippen LogP contribution in [0.15, 0.2) is 97.1 Å². The SMILES string of the molecule is S=C(S)C1CCCc2c(-c3ccccc3)cc(-c3ccccc3)[n+](-c3ccccc3)c21. The lowest BCUT2D eigenvalue weighted by atomic mass is 9.82. The number of para-hydroxylation sites is 1. The molecule has 1 heterocycles. The van der Waals surface area contributed by atoms with Gasteiger partial charge in [-0.3, -0.25) is 0 Å². The molecule has 1 unspecified atom stereocenters. The first-order chi connectivity index (χ1) is 15.2. The van der Waals surface area contributed by atoms with Crippen molar-refractivity contribution in [3.8, 4) is 28.1 Å². The van der Waals surface area contributed by atoms with Crippen molar-refractivity contribution in [3.05, 3.63) is 108 Å². The molecule has 0 aliphatic heterocycles. The molecule has 1 aromatic heterocycles. The second kappa shape index (κ2) is 8.78. The summed E-state index contributed by atoms with van der Waals surface area (Å²) in [6.45, 7) is 0. The molecule has 0 saturated heterocycles. The Morgan fingerprint density at radius 2 is 1.39 bits per heavy atom. The van der Waals surface area contributed by atoms with E-state index in [9.17, 15) is 0 Å². The summed E-state index contributed by atoms with van der Waals surface area (Å²) in [7, 11) is 0. The number of pyridine rings is 1. The Bertz CT molecular complexity index is 1220. The number of nitrogens with zero attached hydrogens (tertiary/aromatic N) is 1. The summed E-state index contributed by atoms with van der Waals surface area (Å²) in [5, 5.41) is 0. The average molecular weight is 439 g/mol. The van der Waals surface area contributed by atoms with Crippen LogP contribution < -0.4 is 4.57 Å².